The van der Waals surface area contributed by atoms with Gasteiger partial charge in [0.05, 0.1) is 34.5 Å². The minimum absolute atomic E-state index is 0.0460. The van der Waals surface area contributed by atoms with Gasteiger partial charge in [-0.25, -0.2) is 9.37 Å². The predicted molar refractivity (Wildman–Crippen MR) is 121 cm³/mol. The summed E-state index contributed by atoms with van der Waals surface area (Å²) in [7, 11) is 0. The van der Waals surface area contributed by atoms with Crippen LogP contribution in [-0.4, -0.2) is 28.0 Å². The zero-order valence-corrected chi connectivity index (χ0v) is 18.4. The van der Waals surface area contributed by atoms with Gasteiger partial charge in [-0.3, -0.25) is 14.2 Å². The minimum Gasteiger partial charge on any atom is -0.467 e. The zero-order chi connectivity index (χ0) is 22.9. The molecule has 8 nitrogen and oxygen atoms in total. The lowest BCUT2D eigenvalue weighted by Crippen LogP contribution is -2.24. The monoisotopic (exact) mass is 487 g/mol. The number of halogens is 2. The molecule has 0 saturated carbocycles. The fourth-order valence-corrected chi connectivity index (χ4v) is 4.28. The average Bonchev–Trinajstić information content (AvgIpc) is 3.47. The molecule has 2 aromatic carbocycles. The molecule has 11 heteroatoms. The molecule has 33 heavy (non-hydrogen) atoms. The van der Waals surface area contributed by atoms with Gasteiger partial charge in [0.15, 0.2) is 16.7 Å². The quantitative estimate of drug-likeness (QED) is 0.320. The molecule has 0 fully saturated rings. The number of thioether (sulfide) groups is 1. The molecular formula is C22H15ClFN3O5S. The largest absolute Gasteiger partial charge is 0.467 e. The van der Waals surface area contributed by atoms with Crippen molar-refractivity contribution in [2.24, 2.45) is 0 Å². The second-order valence-corrected chi connectivity index (χ2v) is 8.40. The number of benzene rings is 2. The molecule has 1 aliphatic heterocycles. The topological polar surface area (TPSA) is 95.6 Å². The van der Waals surface area contributed by atoms with Gasteiger partial charge >= 0.3 is 0 Å². The van der Waals surface area contributed by atoms with Crippen molar-refractivity contribution in [3.05, 3.63) is 75.7 Å². The number of hydrogen-bond acceptors (Lipinski definition) is 7. The standard InChI is InChI=1S/C22H15ClFN3O5S/c23-15-6-12(3-4-16(15)24)25-20(28)10-33-22-26-17-8-19-18(31-11-32-19)7-14(17)21(29)27(22)9-13-2-1-5-30-13/h1-8H,9-11H2,(H,25,28). The Morgan fingerprint density at radius 3 is 2.79 bits per heavy atom. The van der Waals surface area contributed by atoms with Crippen LogP contribution in [0.2, 0.25) is 5.02 Å². The van der Waals surface area contributed by atoms with Gasteiger partial charge in [0.2, 0.25) is 12.7 Å². The van der Waals surface area contributed by atoms with Crippen molar-refractivity contribution >= 4 is 45.9 Å². The number of furan rings is 1. The molecule has 5 rings (SSSR count). The first-order valence-electron chi connectivity index (χ1n) is 9.72. The Hall–Kier alpha value is -3.50. The number of carbonyl (C=O) groups is 1. The van der Waals surface area contributed by atoms with E-state index < -0.39 is 5.82 Å². The summed E-state index contributed by atoms with van der Waals surface area (Å²) in [5.74, 6) is 0.546. The van der Waals surface area contributed by atoms with E-state index in [1.807, 2.05) is 0 Å². The number of aromatic nitrogens is 2. The molecule has 3 heterocycles. The highest BCUT2D eigenvalue weighted by Crippen LogP contribution is 2.35. The third-order valence-corrected chi connectivity index (χ3v) is 6.11. The van der Waals surface area contributed by atoms with Crippen LogP contribution < -0.4 is 20.3 Å². The van der Waals surface area contributed by atoms with Crippen molar-refractivity contribution in [1.82, 2.24) is 9.55 Å². The smallest absolute Gasteiger partial charge is 0.262 e. The van der Waals surface area contributed by atoms with Crippen LogP contribution in [0.4, 0.5) is 10.1 Å². The van der Waals surface area contributed by atoms with E-state index in [0.29, 0.717) is 39.0 Å². The van der Waals surface area contributed by atoms with Crippen LogP contribution >= 0.6 is 23.4 Å². The lowest BCUT2D eigenvalue weighted by Gasteiger charge is -2.13. The third kappa shape index (κ3) is 4.39. The number of amides is 1. The molecule has 0 bridgehead atoms. The third-order valence-electron chi connectivity index (χ3n) is 4.84. The lowest BCUT2D eigenvalue weighted by atomic mass is 10.2. The molecule has 0 atom stereocenters. The van der Waals surface area contributed by atoms with Gasteiger partial charge in [-0.1, -0.05) is 23.4 Å². The number of ether oxygens (including phenoxy) is 2. The highest BCUT2D eigenvalue weighted by Gasteiger charge is 2.20. The number of fused-ring (bicyclic) bond motifs is 2. The second kappa shape index (κ2) is 8.80. The van der Waals surface area contributed by atoms with Gasteiger partial charge in [-0.15, -0.1) is 0 Å². The molecule has 0 spiro atoms. The van der Waals surface area contributed by atoms with Crippen LogP contribution in [0.15, 0.2) is 63.1 Å². The van der Waals surface area contributed by atoms with Crippen molar-refractivity contribution in [2.75, 3.05) is 17.9 Å². The normalized spacial score (nSPS) is 12.3. The van der Waals surface area contributed by atoms with E-state index in [1.54, 1.807) is 24.3 Å². The fourth-order valence-electron chi connectivity index (χ4n) is 3.30. The molecule has 0 unspecified atom stereocenters. The van der Waals surface area contributed by atoms with Crippen LogP contribution in [0.3, 0.4) is 0 Å². The van der Waals surface area contributed by atoms with Gasteiger partial charge in [0.25, 0.3) is 5.56 Å². The summed E-state index contributed by atoms with van der Waals surface area (Å²) in [6, 6.07) is 10.6. The minimum atomic E-state index is -0.577. The molecule has 168 valence electrons. The van der Waals surface area contributed by atoms with E-state index in [2.05, 4.69) is 10.3 Å². The molecular weight excluding hydrogens is 473 g/mol. The fraction of sp³-hybridized carbons (Fsp3) is 0.136. The Balaban J connectivity index is 1.45. The molecule has 1 N–H and O–H groups in total. The number of nitrogens with one attached hydrogen (secondary N) is 1. The summed E-state index contributed by atoms with van der Waals surface area (Å²) in [5, 5.41) is 3.25. The first-order valence-corrected chi connectivity index (χ1v) is 11.1. The maximum absolute atomic E-state index is 13.3. The summed E-state index contributed by atoms with van der Waals surface area (Å²) < 4.78 is 30.9. The Morgan fingerprint density at radius 1 is 1.21 bits per heavy atom. The summed E-state index contributed by atoms with van der Waals surface area (Å²) in [6.07, 6.45) is 1.51. The molecule has 2 aromatic heterocycles. The summed E-state index contributed by atoms with van der Waals surface area (Å²) in [5.41, 5.74) is 0.482. The van der Waals surface area contributed by atoms with Crippen molar-refractivity contribution in [3.8, 4) is 11.5 Å². The number of carbonyl (C=O) groups excluding carboxylic acids is 1. The Morgan fingerprint density at radius 2 is 2.03 bits per heavy atom. The molecule has 0 aliphatic carbocycles. The van der Waals surface area contributed by atoms with Gasteiger partial charge in [0.1, 0.15) is 11.6 Å². The van der Waals surface area contributed by atoms with Crippen molar-refractivity contribution in [3.63, 3.8) is 0 Å². The zero-order valence-electron chi connectivity index (χ0n) is 16.8. The van der Waals surface area contributed by atoms with E-state index in [1.165, 1.54) is 29.0 Å². The van der Waals surface area contributed by atoms with E-state index in [0.717, 1.165) is 11.8 Å². The maximum atomic E-state index is 13.3. The van der Waals surface area contributed by atoms with E-state index in [9.17, 15) is 14.0 Å². The highest BCUT2D eigenvalue weighted by atomic mass is 35.5. The predicted octanol–water partition coefficient (Wildman–Crippen LogP) is 4.29. The second-order valence-electron chi connectivity index (χ2n) is 7.05. The van der Waals surface area contributed by atoms with Gasteiger partial charge < -0.3 is 19.2 Å². The van der Waals surface area contributed by atoms with Crippen LogP contribution in [0.25, 0.3) is 10.9 Å². The van der Waals surface area contributed by atoms with Gasteiger partial charge in [0, 0.05) is 11.8 Å². The summed E-state index contributed by atoms with van der Waals surface area (Å²) in [6.45, 7) is 0.210. The number of rotatable bonds is 6. The summed E-state index contributed by atoms with van der Waals surface area (Å²) in [4.78, 5) is 30.4. The first-order chi connectivity index (χ1) is 16.0. The maximum Gasteiger partial charge on any atom is 0.262 e. The highest BCUT2D eigenvalue weighted by molar-refractivity contribution is 7.99. The van der Waals surface area contributed by atoms with E-state index in [-0.39, 0.29) is 35.6 Å². The van der Waals surface area contributed by atoms with Crippen LogP contribution in [0, 0.1) is 5.82 Å². The number of anilines is 1. The Labute approximate surface area is 195 Å². The first kappa shape index (κ1) is 21.4. The van der Waals surface area contributed by atoms with Gasteiger partial charge in [-0.05, 0) is 36.4 Å². The Kier molecular flexibility index (Phi) is 5.69. The average molecular weight is 488 g/mol. The number of hydrogen-bond donors (Lipinski definition) is 1. The molecule has 4 aromatic rings. The van der Waals surface area contributed by atoms with Crippen molar-refractivity contribution in [1.29, 1.82) is 0 Å². The summed E-state index contributed by atoms with van der Waals surface area (Å²) >= 11 is 6.85. The van der Waals surface area contributed by atoms with Crippen LogP contribution in [0.1, 0.15) is 5.76 Å². The lowest BCUT2D eigenvalue weighted by molar-refractivity contribution is -0.113. The number of nitrogens with zero attached hydrogens (tertiary/aromatic N) is 2. The molecule has 1 aliphatic rings. The van der Waals surface area contributed by atoms with Crippen molar-refractivity contribution < 1.29 is 23.1 Å². The Bertz CT molecular complexity index is 1420. The SMILES string of the molecule is O=C(CSc1nc2cc3c(cc2c(=O)n1Cc1ccco1)OCO3)Nc1ccc(F)c(Cl)c1. The van der Waals surface area contributed by atoms with E-state index in [4.69, 9.17) is 25.5 Å². The molecule has 0 radical (unpaired) electrons. The molecule has 1 amide bonds. The molecule has 0 saturated heterocycles. The van der Waals surface area contributed by atoms with Crippen LogP contribution in [-0.2, 0) is 11.3 Å². The van der Waals surface area contributed by atoms with Crippen LogP contribution in [0.5, 0.6) is 11.5 Å². The van der Waals surface area contributed by atoms with Crippen molar-refractivity contribution in [2.45, 2.75) is 11.7 Å². The van der Waals surface area contributed by atoms with Gasteiger partial charge in [-0.2, -0.15) is 0 Å². The van der Waals surface area contributed by atoms with E-state index >= 15 is 0 Å².